The predicted octanol–water partition coefficient (Wildman–Crippen LogP) is 2.87. The van der Waals surface area contributed by atoms with Crippen molar-refractivity contribution >= 4 is 11.3 Å². The third-order valence-electron chi connectivity index (χ3n) is 2.76. The van der Waals surface area contributed by atoms with Crippen molar-refractivity contribution < 1.29 is 0 Å². The Bertz CT molecular complexity index is 486. The molecule has 5 heteroatoms. The van der Waals surface area contributed by atoms with Gasteiger partial charge in [-0.1, -0.05) is 0 Å². The largest absolute Gasteiger partial charge is 0.312 e. The van der Waals surface area contributed by atoms with Crippen molar-refractivity contribution in [1.82, 2.24) is 20.1 Å². The minimum atomic E-state index is 0.349. The molecule has 0 spiro atoms. The van der Waals surface area contributed by atoms with E-state index in [2.05, 4.69) is 42.4 Å². The van der Waals surface area contributed by atoms with Crippen molar-refractivity contribution in [3.05, 3.63) is 23.5 Å². The van der Waals surface area contributed by atoms with Gasteiger partial charge in [0.2, 0.25) is 0 Å². The van der Waals surface area contributed by atoms with Crippen LogP contribution in [0.1, 0.15) is 37.7 Å². The summed E-state index contributed by atoms with van der Waals surface area (Å²) in [6.45, 7) is 6.37. The highest BCUT2D eigenvalue weighted by Gasteiger charge is 2.11. The van der Waals surface area contributed by atoms with Crippen LogP contribution < -0.4 is 5.32 Å². The fourth-order valence-electron chi connectivity index (χ4n) is 1.49. The molecule has 2 heterocycles. The van der Waals surface area contributed by atoms with E-state index in [0.717, 1.165) is 10.6 Å². The van der Waals surface area contributed by atoms with E-state index in [1.54, 1.807) is 11.3 Å². The van der Waals surface area contributed by atoms with Crippen LogP contribution >= 0.6 is 11.3 Å². The van der Waals surface area contributed by atoms with Crippen molar-refractivity contribution in [2.45, 2.75) is 32.9 Å². The van der Waals surface area contributed by atoms with Crippen molar-refractivity contribution in [3.8, 4) is 10.6 Å². The first-order chi connectivity index (χ1) is 8.11. The summed E-state index contributed by atoms with van der Waals surface area (Å²) in [6, 6.07) is 0.737. The Kier molecular flexibility index (Phi) is 3.59. The first-order valence-electron chi connectivity index (χ1n) is 5.79. The van der Waals surface area contributed by atoms with Crippen molar-refractivity contribution in [2.75, 3.05) is 7.05 Å². The highest BCUT2D eigenvalue weighted by atomic mass is 32.1. The molecule has 1 atom stereocenters. The van der Waals surface area contributed by atoms with Crippen LogP contribution in [-0.2, 0) is 0 Å². The lowest BCUT2D eigenvalue weighted by molar-refractivity contribution is 0.532. The predicted molar refractivity (Wildman–Crippen MR) is 71.2 cm³/mol. The van der Waals surface area contributed by atoms with Crippen LogP contribution in [0.5, 0.6) is 0 Å². The van der Waals surface area contributed by atoms with Crippen LogP contribution in [0, 0.1) is 0 Å². The van der Waals surface area contributed by atoms with Crippen LogP contribution in [0.15, 0.2) is 18.6 Å². The maximum Gasteiger partial charge on any atom is 0.126 e. The molecule has 0 aromatic carbocycles. The highest BCUT2D eigenvalue weighted by Crippen LogP contribution is 2.28. The molecule has 0 fully saturated rings. The zero-order valence-corrected chi connectivity index (χ0v) is 11.5. The molecule has 4 nitrogen and oxygen atoms in total. The van der Waals surface area contributed by atoms with Gasteiger partial charge in [0, 0.05) is 34.9 Å². The second-order valence-corrected chi connectivity index (χ2v) is 5.44. The molecule has 2 rings (SSSR count). The Hall–Kier alpha value is -1.20. The van der Waals surface area contributed by atoms with Gasteiger partial charge in [-0.3, -0.25) is 4.68 Å². The van der Waals surface area contributed by atoms with Gasteiger partial charge in [0.1, 0.15) is 5.01 Å². The van der Waals surface area contributed by atoms with Crippen molar-refractivity contribution in [3.63, 3.8) is 0 Å². The Morgan fingerprint density at radius 1 is 1.29 bits per heavy atom. The van der Waals surface area contributed by atoms with Crippen molar-refractivity contribution in [2.24, 2.45) is 0 Å². The molecule has 0 bridgehead atoms. The van der Waals surface area contributed by atoms with Crippen LogP contribution in [-0.4, -0.2) is 21.8 Å². The Morgan fingerprint density at radius 2 is 2.06 bits per heavy atom. The SMILES string of the molecule is CNC(C)c1cnc(-c2cnn(C(C)C)c2)s1. The second-order valence-electron chi connectivity index (χ2n) is 4.38. The number of nitrogens with zero attached hydrogens (tertiary/aromatic N) is 3. The topological polar surface area (TPSA) is 42.7 Å². The molecule has 0 radical (unpaired) electrons. The lowest BCUT2D eigenvalue weighted by atomic mass is 10.3. The van der Waals surface area contributed by atoms with Gasteiger partial charge in [-0.05, 0) is 27.8 Å². The number of aromatic nitrogens is 3. The maximum absolute atomic E-state index is 4.45. The van der Waals surface area contributed by atoms with Gasteiger partial charge in [-0.2, -0.15) is 5.10 Å². The van der Waals surface area contributed by atoms with Gasteiger partial charge in [0.25, 0.3) is 0 Å². The number of rotatable bonds is 4. The van der Waals surface area contributed by atoms with Crippen LogP contribution in [0.25, 0.3) is 10.6 Å². The minimum Gasteiger partial charge on any atom is -0.312 e. The molecule has 2 aromatic rings. The lowest BCUT2D eigenvalue weighted by Crippen LogP contribution is -2.10. The Morgan fingerprint density at radius 3 is 2.65 bits per heavy atom. The third kappa shape index (κ3) is 2.56. The average molecular weight is 250 g/mol. The van der Waals surface area contributed by atoms with Gasteiger partial charge < -0.3 is 5.32 Å². The van der Waals surface area contributed by atoms with E-state index in [0.29, 0.717) is 12.1 Å². The molecule has 92 valence electrons. The number of hydrogen-bond acceptors (Lipinski definition) is 4. The van der Waals surface area contributed by atoms with Gasteiger partial charge in [-0.15, -0.1) is 11.3 Å². The summed E-state index contributed by atoms with van der Waals surface area (Å²) in [5.41, 5.74) is 1.10. The van der Waals surface area contributed by atoms with Gasteiger partial charge in [0.15, 0.2) is 0 Å². The zero-order valence-electron chi connectivity index (χ0n) is 10.6. The first-order valence-corrected chi connectivity index (χ1v) is 6.61. The molecule has 1 unspecified atom stereocenters. The van der Waals surface area contributed by atoms with Crippen LogP contribution in [0.2, 0.25) is 0 Å². The molecule has 0 aliphatic heterocycles. The summed E-state index contributed by atoms with van der Waals surface area (Å²) in [7, 11) is 1.96. The molecule has 0 aliphatic carbocycles. The zero-order chi connectivity index (χ0) is 12.4. The molecular weight excluding hydrogens is 232 g/mol. The fraction of sp³-hybridized carbons (Fsp3) is 0.500. The monoisotopic (exact) mass is 250 g/mol. The minimum absolute atomic E-state index is 0.349. The molecule has 17 heavy (non-hydrogen) atoms. The maximum atomic E-state index is 4.45. The molecule has 0 aliphatic rings. The molecule has 2 aromatic heterocycles. The highest BCUT2D eigenvalue weighted by molar-refractivity contribution is 7.15. The molecular formula is C12H18N4S. The van der Waals surface area contributed by atoms with Crippen LogP contribution in [0.3, 0.4) is 0 Å². The molecule has 0 amide bonds. The number of thiazole rings is 1. The van der Waals surface area contributed by atoms with E-state index in [9.17, 15) is 0 Å². The first kappa shape index (κ1) is 12.3. The van der Waals surface area contributed by atoms with E-state index in [4.69, 9.17) is 0 Å². The smallest absolute Gasteiger partial charge is 0.126 e. The fourth-order valence-corrected chi connectivity index (χ4v) is 2.45. The van der Waals surface area contributed by atoms with Crippen molar-refractivity contribution in [1.29, 1.82) is 0 Å². The summed E-state index contributed by atoms with van der Waals surface area (Å²) >= 11 is 1.72. The second kappa shape index (κ2) is 4.98. The normalized spacial score (nSPS) is 13.2. The average Bonchev–Trinajstić information content (AvgIpc) is 2.95. The summed E-state index contributed by atoms with van der Waals surface area (Å²) in [4.78, 5) is 5.70. The molecule has 0 saturated carbocycles. The van der Waals surface area contributed by atoms with Crippen LogP contribution in [0.4, 0.5) is 0 Å². The van der Waals surface area contributed by atoms with E-state index in [-0.39, 0.29) is 0 Å². The standard InChI is InChI=1S/C12H18N4S/c1-8(2)16-7-10(5-15-16)12-14-6-11(17-12)9(3)13-4/h5-9,13H,1-4H3. The van der Waals surface area contributed by atoms with Gasteiger partial charge in [-0.25, -0.2) is 4.98 Å². The van der Waals surface area contributed by atoms with E-state index >= 15 is 0 Å². The van der Waals surface area contributed by atoms with Gasteiger partial charge in [0.05, 0.1) is 6.20 Å². The quantitative estimate of drug-likeness (QED) is 0.907. The van der Waals surface area contributed by atoms with Gasteiger partial charge >= 0.3 is 0 Å². The molecule has 1 N–H and O–H groups in total. The Labute approximate surface area is 106 Å². The lowest BCUT2D eigenvalue weighted by Gasteiger charge is -2.04. The number of hydrogen-bond donors (Lipinski definition) is 1. The summed E-state index contributed by atoms with van der Waals surface area (Å²) < 4.78 is 1.96. The Balaban J connectivity index is 2.24. The third-order valence-corrected chi connectivity index (χ3v) is 3.99. The molecule has 0 saturated heterocycles. The summed E-state index contributed by atoms with van der Waals surface area (Å²) in [6.07, 6.45) is 5.87. The summed E-state index contributed by atoms with van der Waals surface area (Å²) in [5, 5.41) is 8.59. The van der Waals surface area contributed by atoms with E-state index < -0.39 is 0 Å². The number of nitrogens with one attached hydrogen (secondary N) is 1. The summed E-state index contributed by atoms with van der Waals surface area (Å²) in [5.74, 6) is 0. The van der Waals surface area contributed by atoms with E-state index in [1.807, 2.05) is 24.1 Å². The van der Waals surface area contributed by atoms with E-state index in [1.165, 1.54) is 4.88 Å².